The van der Waals surface area contributed by atoms with Gasteiger partial charge in [0.25, 0.3) is 17.0 Å². The molecule has 9 heteroatoms. The Balaban J connectivity index is 1.71. The lowest BCUT2D eigenvalue weighted by Gasteiger charge is -2.15. The largest absolute Gasteiger partial charge is 0.451 e. The van der Waals surface area contributed by atoms with E-state index in [1.807, 2.05) is 0 Å². The summed E-state index contributed by atoms with van der Waals surface area (Å²) in [4.78, 5) is 60.8. The molecule has 0 unspecified atom stereocenters. The lowest BCUT2D eigenvalue weighted by atomic mass is 10.1. The van der Waals surface area contributed by atoms with Crippen molar-refractivity contribution >= 4 is 34.1 Å². The number of esters is 1. The minimum atomic E-state index is -1.19. The van der Waals surface area contributed by atoms with Gasteiger partial charge in [-0.15, -0.1) is 0 Å². The first-order valence-electron chi connectivity index (χ1n) is 9.10. The first-order valence-corrected chi connectivity index (χ1v) is 9.10. The summed E-state index contributed by atoms with van der Waals surface area (Å²) in [6.07, 6.45) is -1.19. The van der Waals surface area contributed by atoms with Crippen LogP contribution >= 0.6 is 0 Å². The number of rotatable bonds is 6. The molecule has 154 valence electrons. The lowest BCUT2D eigenvalue weighted by Crippen LogP contribution is -2.36. The highest BCUT2D eigenvalue weighted by molar-refractivity contribution is 6.04. The van der Waals surface area contributed by atoms with Gasteiger partial charge in [-0.2, -0.15) is 0 Å². The molecule has 3 aromatic rings. The summed E-state index contributed by atoms with van der Waals surface area (Å²) >= 11 is 0. The number of hydrogen-bond acceptors (Lipinski definition) is 6. The van der Waals surface area contributed by atoms with Crippen LogP contribution in [0.25, 0.3) is 10.8 Å². The molecule has 0 aliphatic rings. The maximum atomic E-state index is 12.5. The average molecular weight is 409 g/mol. The van der Waals surface area contributed by atoms with Crippen molar-refractivity contribution in [3.63, 3.8) is 0 Å². The Hall–Kier alpha value is -4.01. The molecule has 0 bridgehead atoms. The number of Topliss-reactive ketones (excluding diaryl/α,β-unsaturated/α-hetero) is 1. The molecule has 2 N–H and O–H groups in total. The number of aromatic nitrogens is 2. The van der Waals surface area contributed by atoms with E-state index in [9.17, 15) is 24.0 Å². The fourth-order valence-electron chi connectivity index (χ4n) is 2.91. The number of fused-ring (bicyclic) bond motifs is 1. The van der Waals surface area contributed by atoms with E-state index >= 15 is 0 Å². The van der Waals surface area contributed by atoms with Crippen LogP contribution in [0, 0.1) is 0 Å². The van der Waals surface area contributed by atoms with E-state index in [-0.39, 0.29) is 16.6 Å². The fourth-order valence-corrected chi connectivity index (χ4v) is 2.91. The molecule has 1 heterocycles. The van der Waals surface area contributed by atoms with Gasteiger partial charge in [-0.25, -0.2) is 4.68 Å². The number of anilines is 1. The van der Waals surface area contributed by atoms with Crippen LogP contribution in [0.15, 0.2) is 58.1 Å². The Morgan fingerprint density at radius 1 is 1.03 bits per heavy atom. The highest BCUT2D eigenvalue weighted by Crippen LogP contribution is 2.16. The third-order valence-corrected chi connectivity index (χ3v) is 4.41. The Bertz CT molecular complexity index is 1260. The highest BCUT2D eigenvalue weighted by atomic mass is 16.5. The highest BCUT2D eigenvalue weighted by Gasteiger charge is 2.20. The average Bonchev–Trinajstić information content (AvgIpc) is 2.72. The summed E-state index contributed by atoms with van der Waals surface area (Å²) in [5.74, 6) is -1.75. The van der Waals surface area contributed by atoms with Crippen molar-refractivity contribution in [2.75, 3.05) is 5.32 Å². The summed E-state index contributed by atoms with van der Waals surface area (Å²) in [6.45, 7) is 2.16. The molecule has 0 saturated heterocycles. The molecule has 9 nitrogen and oxygen atoms in total. The zero-order chi connectivity index (χ0) is 21.8. The van der Waals surface area contributed by atoms with Gasteiger partial charge in [-0.05, 0) is 38.1 Å². The van der Waals surface area contributed by atoms with E-state index < -0.39 is 35.6 Å². The topological polar surface area (TPSA) is 127 Å². The van der Waals surface area contributed by atoms with Crippen molar-refractivity contribution in [3.05, 3.63) is 74.8 Å². The summed E-state index contributed by atoms with van der Waals surface area (Å²) in [5.41, 5.74) is -0.461. The van der Waals surface area contributed by atoms with Gasteiger partial charge in [0.05, 0.1) is 16.5 Å². The number of H-pyrrole nitrogens is 1. The van der Waals surface area contributed by atoms with Crippen molar-refractivity contribution in [1.82, 2.24) is 9.78 Å². The Labute approximate surface area is 170 Å². The van der Waals surface area contributed by atoms with Crippen LogP contribution in [0.4, 0.5) is 5.69 Å². The van der Waals surface area contributed by atoms with E-state index in [1.54, 1.807) is 36.4 Å². The van der Waals surface area contributed by atoms with E-state index in [1.165, 1.54) is 26.0 Å². The number of carbonyl (C=O) groups is 3. The van der Waals surface area contributed by atoms with Crippen LogP contribution in [-0.4, -0.2) is 33.5 Å². The predicted molar refractivity (Wildman–Crippen MR) is 109 cm³/mol. The van der Waals surface area contributed by atoms with E-state index in [4.69, 9.17) is 4.74 Å². The van der Waals surface area contributed by atoms with E-state index in [0.29, 0.717) is 11.3 Å². The molecule has 30 heavy (non-hydrogen) atoms. The molecule has 0 aliphatic carbocycles. The minimum Gasteiger partial charge on any atom is -0.451 e. The molecule has 0 aliphatic heterocycles. The quantitative estimate of drug-likeness (QED) is 0.469. The predicted octanol–water partition coefficient (Wildman–Crippen LogP) is 1.46. The molecular formula is C21H19N3O6. The number of benzene rings is 2. The lowest BCUT2D eigenvalue weighted by molar-refractivity contribution is -0.154. The number of hydrogen-bond donors (Lipinski definition) is 2. The third kappa shape index (κ3) is 4.35. The van der Waals surface area contributed by atoms with Gasteiger partial charge in [0, 0.05) is 5.56 Å². The Morgan fingerprint density at radius 3 is 2.37 bits per heavy atom. The molecule has 3 rings (SSSR count). The number of ether oxygens (including phenoxy) is 1. The van der Waals surface area contributed by atoms with E-state index in [2.05, 4.69) is 10.4 Å². The first kappa shape index (κ1) is 20.7. The standard InChI is InChI=1S/C21H19N3O6/c1-12(25)14-7-5-6-10-17(14)22-19(27)13(2)30-18(26)11-24-21(29)16-9-4-3-8-15(16)20(28)23-24/h3-10,13H,11H2,1-2H3,(H,22,27)(H,23,28)/t13-/m1/s1. The zero-order valence-electron chi connectivity index (χ0n) is 16.3. The van der Waals surface area contributed by atoms with Gasteiger partial charge in [0.2, 0.25) is 0 Å². The number of carbonyl (C=O) groups excluding carboxylic acids is 3. The van der Waals surface area contributed by atoms with Crippen LogP contribution in [0.1, 0.15) is 24.2 Å². The van der Waals surface area contributed by atoms with E-state index in [0.717, 1.165) is 4.68 Å². The maximum absolute atomic E-state index is 12.5. The van der Waals surface area contributed by atoms with Crippen LogP contribution in [0.2, 0.25) is 0 Å². The molecule has 0 radical (unpaired) electrons. The number of nitrogens with one attached hydrogen (secondary N) is 2. The molecular weight excluding hydrogens is 390 g/mol. The molecule has 1 atom stereocenters. The first-order chi connectivity index (χ1) is 14.3. The summed E-state index contributed by atoms with van der Waals surface area (Å²) < 4.78 is 5.91. The summed E-state index contributed by atoms with van der Waals surface area (Å²) in [7, 11) is 0. The van der Waals surface area contributed by atoms with Gasteiger partial charge in [0.1, 0.15) is 6.54 Å². The maximum Gasteiger partial charge on any atom is 0.328 e. The second-order valence-electron chi connectivity index (χ2n) is 6.60. The van der Waals surface area contributed by atoms with Crippen LogP contribution in [0.5, 0.6) is 0 Å². The Kier molecular flexibility index (Phi) is 5.91. The van der Waals surface area contributed by atoms with Gasteiger partial charge in [-0.3, -0.25) is 29.1 Å². The number of amides is 1. The van der Waals surface area contributed by atoms with Crippen LogP contribution in [0.3, 0.4) is 0 Å². The molecule has 2 aromatic carbocycles. The summed E-state index contributed by atoms with van der Waals surface area (Å²) in [6, 6.07) is 12.7. The van der Waals surface area contributed by atoms with Crippen LogP contribution in [-0.2, 0) is 20.9 Å². The van der Waals surface area contributed by atoms with Crippen molar-refractivity contribution in [2.24, 2.45) is 0 Å². The van der Waals surface area contributed by atoms with Crippen LogP contribution < -0.4 is 16.4 Å². The normalized spacial score (nSPS) is 11.7. The van der Waals surface area contributed by atoms with Crippen molar-refractivity contribution in [1.29, 1.82) is 0 Å². The monoisotopic (exact) mass is 409 g/mol. The number of aromatic amines is 1. The smallest absolute Gasteiger partial charge is 0.328 e. The second kappa shape index (κ2) is 8.56. The summed E-state index contributed by atoms with van der Waals surface area (Å²) in [5, 5.41) is 5.24. The van der Waals surface area contributed by atoms with Crippen molar-refractivity contribution < 1.29 is 19.1 Å². The number of nitrogens with zero attached hydrogens (tertiary/aromatic N) is 1. The molecule has 0 fully saturated rings. The molecule has 1 aromatic heterocycles. The van der Waals surface area contributed by atoms with Gasteiger partial charge < -0.3 is 10.1 Å². The number of ketones is 1. The minimum absolute atomic E-state index is 0.167. The van der Waals surface area contributed by atoms with Crippen molar-refractivity contribution in [2.45, 2.75) is 26.5 Å². The zero-order valence-corrected chi connectivity index (χ0v) is 16.3. The van der Waals surface area contributed by atoms with Gasteiger partial charge >= 0.3 is 5.97 Å². The number of para-hydroxylation sites is 1. The molecule has 0 saturated carbocycles. The second-order valence-corrected chi connectivity index (χ2v) is 6.60. The molecule has 0 spiro atoms. The van der Waals surface area contributed by atoms with Crippen molar-refractivity contribution in [3.8, 4) is 0 Å². The Morgan fingerprint density at radius 2 is 1.67 bits per heavy atom. The molecule has 1 amide bonds. The third-order valence-electron chi connectivity index (χ3n) is 4.41. The van der Waals surface area contributed by atoms with Gasteiger partial charge in [0.15, 0.2) is 11.9 Å². The SMILES string of the molecule is CC(=O)c1ccccc1NC(=O)[C@@H](C)OC(=O)Cn1[nH]c(=O)c2ccccc2c1=O. The van der Waals surface area contributed by atoms with Gasteiger partial charge in [-0.1, -0.05) is 24.3 Å². The fraction of sp³-hybridized carbons (Fsp3) is 0.190.